The summed E-state index contributed by atoms with van der Waals surface area (Å²) in [6.07, 6.45) is 4.84. The summed E-state index contributed by atoms with van der Waals surface area (Å²) < 4.78 is 6.63. The van der Waals surface area contributed by atoms with Gasteiger partial charge in [-0.05, 0) is 173 Å². The van der Waals surface area contributed by atoms with Gasteiger partial charge in [-0.2, -0.15) is 0 Å². The van der Waals surface area contributed by atoms with Crippen molar-refractivity contribution in [2.45, 2.75) is 124 Å². The third kappa shape index (κ3) is 6.44. The molecule has 72 heavy (non-hydrogen) atoms. The molecule has 0 spiro atoms. The first-order valence-corrected chi connectivity index (χ1v) is 26.5. The Morgan fingerprint density at radius 1 is 0.500 bits per heavy atom. The Bertz CT molecular complexity index is 3720. The molecule has 13 rings (SSSR count). The van der Waals surface area contributed by atoms with Gasteiger partial charge in [0, 0.05) is 67.6 Å². The topological polar surface area (TPSA) is 22.9 Å². The molecule has 9 aromatic rings. The van der Waals surface area contributed by atoms with Crippen LogP contribution in [0, 0.1) is 20.8 Å². The van der Waals surface area contributed by atoms with Gasteiger partial charge in [-0.1, -0.05) is 140 Å². The van der Waals surface area contributed by atoms with Gasteiger partial charge < -0.3 is 19.1 Å². The Kier molecular flexibility index (Phi) is 9.68. The fourth-order valence-corrected chi connectivity index (χ4v) is 13.9. The molecule has 1 fully saturated rings. The Morgan fingerprint density at radius 3 is 1.90 bits per heavy atom. The van der Waals surface area contributed by atoms with Crippen LogP contribution in [0.5, 0.6) is 0 Å². The van der Waals surface area contributed by atoms with Crippen LogP contribution in [0.2, 0.25) is 0 Å². The standard InChI is InChI=1S/C67H66BN3O/c1-41-33-43(3)62-57(34-41)71(67(11)32-18-17-31-66(62,67)10)48-26-28-52-56(39-48)70(54-29-23-45(64(4,5)6)37-51(54)44-19-13-12-14-20-44)59-36-42(2)35-58-63(59)68(52)53-38-46(65(7,8)9)24-30-55(53)69(58)47-25-27-50-49-21-15-16-22-60(49)72-61(50)40-47/h12-16,19-30,33-40H,17-18,31-32H2,1-11H3. The number of rotatable bonds is 4. The number of aryl methyl sites for hydroxylation is 3. The predicted molar refractivity (Wildman–Crippen MR) is 308 cm³/mol. The molecule has 358 valence electrons. The van der Waals surface area contributed by atoms with Crippen molar-refractivity contribution in [2.75, 3.05) is 14.7 Å². The predicted octanol–water partition coefficient (Wildman–Crippen LogP) is 16.6. The number of benzene rings is 8. The van der Waals surface area contributed by atoms with E-state index in [1.807, 2.05) is 0 Å². The molecular formula is C67H66BN3O. The van der Waals surface area contributed by atoms with E-state index in [9.17, 15) is 0 Å². The van der Waals surface area contributed by atoms with Crippen molar-refractivity contribution in [1.29, 1.82) is 0 Å². The van der Waals surface area contributed by atoms with Crippen molar-refractivity contribution in [3.8, 4) is 11.1 Å². The van der Waals surface area contributed by atoms with Crippen molar-refractivity contribution in [1.82, 2.24) is 0 Å². The lowest BCUT2D eigenvalue weighted by Gasteiger charge is -2.51. The van der Waals surface area contributed by atoms with Crippen molar-refractivity contribution in [2.24, 2.45) is 0 Å². The molecule has 0 amide bonds. The maximum Gasteiger partial charge on any atom is 0.252 e. The van der Waals surface area contributed by atoms with E-state index in [2.05, 4.69) is 243 Å². The highest BCUT2D eigenvalue weighted by atomic mass is 16.3. The summed E-state index contributed by atoms with van der Waals surface area (Å²) in [6.45, 7) is 26.1. The third-order valence-electron chi connectivity index (χ3n) is 17.7. The van der Waals surface area contributed by atoms with Gasteiger partial charge in [-0.3, -0.25) is 0 Å². The van der Waals surface area contributed by atoms with E-state index in [-0.39, 0.29) is 28.5 Å². The van der Waals surface area contributed by atoms with Crippen molar-refractivity contribution in [3.05, 3.63) is 185 Å². The lowest BCUT2D eigenvalue weighted by atomic mass is 9.33. The summed E-state index contributed by atoms with van der Waals surface area (Å²) in [4.78, 5) is 7.99. The minimum absolute atomic E-state index is 0.0242. The van der Waals surface area contributed by atoms with E-state index in [4.69, 9.17) is 4.42 Å². The number of hydrogen-bond acceptors (Lipinski definition) is 4. The van der Waals surface area contributed by atoms with Crippen LogP contribution in [0.1, 0.15) is 114 Å². The van der Waals surface area contributed by atoms with Crippen LogP contribution in [0.25, 0.3) is 33.1 Å². The molecule has 0 N–H and O–H groups in total. The minimum atomic E-state index is -0.0917. The van der Waals surface area contributed by atoms with Crippen LogP contribution in [-0.2, 0) is 16.2 Å². The molecule has 3 aliphatic heterocycles. The first kappa shape index (κ1) is 44.9. The molecule has 5 heteroatoms. The smallest absolute Gasteiger partial charge is 0.252 e. The fraction of sp³-hybridized carbons (Fsp3) is 0.284. The number of hydrogen-bond donors (Lipinski definition) is 0. The summed E-state index contributed by atoms with van der Waals surface area (Å²) in [5.74, 6) is 0. The number of anilines is 8. The fourth-order valence-electron chi connectivity index (χ4n) is 13.9. The van der Waals surface area contributed by atoms with Gasteiger partial charge in [0.1, 0.15) is 11.2 Å². The van der Waals surface area contributed by atoms with Crippen LogP contribution in [0.15, 0.2) is 156 Å². The molecule has 4 nitrogen and oxygen atoms in total. The first-order chi connectivity index (χ1) is 34.4. The van der Waals surface area contributed by atoms with E-state index in [1.54, 1.807) is 0 Å². The van der Waals surface area contributed by atoms with Crippen LogP contribution in [-0.4, -0.2) is 12.3 Å². The molecular weight excluding hydrogens is 874 g/mol. The monoisotopic (exact) mass is 940 g/mol. The number of fused-ring (bicyclic) bond motifs is 10. The van der Waals surface area contributed by atoms with E-state index < -0.39 is 0 Å². The highest BCUT2D eigenvalue weighted by molar-refractivity contribution is 7.00. The maximum absolute atomic E-state index is 6.63. The molecule has 2 atom stereocenters. The van der Waals surface area contributed by atoms with E-state index in [0.717, 1.165) is 34.0 Å². The third-order valence-corrected chi connectivity index (χ3v) is 17.7. The number of para-hydroxylation sites is 1. The zero-order valence-corrected chi connectivity index (χ0v) is 44.1. The zero-order chi connectivity index (χ0) is 49.8. The molecule has 1 aliphatic carbocycles. The molecule has 4 aliphatic rings. The van der Waals surface area contributed by atoms with Gasteiger partial charge in [0.2, 0.25) is 0 Å². The molecule has 0 radical (unpaired) electrons. The summed E-state index contributed by atoms with van der Waals surface area (Å²) in [5, 5.41) is 2.28. The average molecular weight is 940 g/mol. The minimum Gasteiger partial charge on any atom is -0.456 e. The van der Waals surface area contributed by atoms with Crippen molar-refractivity contribution < 1.29 is 4.42 Å². The molecule has 0 bridgehead atoms. The van der Waals surface area contributed by atoms with E-state index >= 15 is 0 Å². The SMILES string of the molecule is Cc1cc2c3c(c1)N(c1ccc(C(C)(C)C)cc1-c1ccccc1)c1cc(N4c5cc(C)cc(C)c5C5(C)CCCCC45C)ccc1B3c1cc(C(C)(C)C)ccc1N2c1ccc2c(c1)oc1ccccc12. The second-order valence-corrected chi connectivity index (χ2v) is 24.3. The lowest BCUT2D eigenvalue weighted by Crippen LogP contribution is -2.61. The van der Waals surface area contributed by atoms with Crippen LogP contribution in [0.4, 0.5) is 45.5 Å². The summed E-state index contributed by atoms with van der Waals surface area (Å²) in [5.41, 5.74) is 26.0. The Labute approximate surface area is 427 Å². The highest BCUT2D eigenvalue weighted by Gasteiger charge is 2.58. The van der Waals surface area contributed by atoms with Gasteiger partial charge >= 0.3 is 0 Å². The Morgan fingerprint density at radius 2 is 1.14 bits per heavy atom. The first-order valence-electron chi connectivity index (χ1n) is 26.5. The van der Waals surface area contributed by atoms with Crippen molar-refractivity contribution >= 4 is 90.5 Å². The average Bonchev–Trinajstić information content (AvgIpc) is 3.82. The second kappa shape index (κ2) is 15.5. The Hall–Kier alpha value is -6.98. The van der Waals surface area contributed by atoms with Crippen LogP contribution < -0.4 is 31.1 Å². The second-order valence-electron chi connectivity index (χ2n) is 24.3. The summed E-state index contributed by atoms with van der Waals surface area (Å²) in [7, 11) is 0. The largest absolute Gasteiger partial charge is 0.456 e. The van der Waals surface area contributed by atoms with Crippen molar-refractivity contribution in [3.63, 3.8) is 0 Å². The van der Waals surface area contributed by atoms with Gasteiger partial charge in [-0.15, -0.1) is 0 Å². The molecule has 2 unspecified atom stereocenters. The lowest BCUT2D eigenvalue weighted by molar-refractivity contribution is 0.194. The van der Waals surface area contributed by atoms with Gasteiger partial charge in [0.05, 0.1) is 11.2 Å². The molecule has 8 aromatic carbocycles. The van der Waals surface area contributed by atoms with Gasteiger partial charge in [0.15, 0.2) is 0 Å². The highest BCUT2D eigenvalue weighted by Crippen LogP contribution is 2.62. The van der Waals surface area contributed by atoms with Gasteiger partial charge in [0.25, 0.3) is 6.71 Å². The number of furan rings is 1. The molecule has 1 saturated carbocycles. The van der Waals surface area contributed by atoms with Crippen LogP contribution in [0.3, 0.4) is 0 Å². The van der Waals surface area contributed by atoms with E-state index in [1.165, 1.54) is 120 Å². The molecule has 4 heterocycles. The molecule has 0 saturated heterocycles. The summed E-state index contributed by atoms with van der Waals surface area (Å²) >= 11 is 0. The normalized spacial score (nSPS) is 19.1. The quantitative estimate of drug-likeness (QED) is 0.164. The molecule has 1 aromatic heterocycles. The number of nitrogens with zero attached hydrogens (tertiary/aromatic N) is 3. The van der Waals surface area contributed by atoms with Crippen LogP contribution >= 0.6 is 0 Å². The maximum atomic E-state index is 6.63. The van der Waals surface area contributed by atoms with Gasteiger partial charge in [-0.25, -0.2) is 0 Å². The zero-order valence-electron chi connectivity index (χ0n) is 44.1. The summed E-state index contributed by atoms with van der Waals surface area (Å²) in [6, 6.07) is 58.3. The Balaban J connectivity index is 1.12. The van der Waals surface area contributed by atoms with E-state index in [0.29, 0.717) is 0 Å².